The molecule has 0 fully saturated rings. The van der Waals surface area contributed by atoms with Gasteiger partial charge in [-0.2, -0.15) is 0 Å². The van der Waals surface area contributed by atoms with Crippen LogP contribution in [0.15, 0.2) is 53.3 Å². The van der Waals surface area contributed by atoms with Crippen molar-refractivity contribution in [1.29, 1.82) is 0 Å². The smallest absolute Gasteiger partial charge is 0.182 e. The molecule has 0 saturated carbocycles. The molecule has 2 N–H and O–H groups in total. The highest BCUT2D eigenvalue weighted by Gasteiger charge is 2.11. The van der Waals surface area contributed by atoms with Crippen LogP contribution in [0.3, 0.4) is 0 Å². The fourth-order valence-corrected chi connectivity index (χ4v) is 2.49. The predicted molar refractivity (Wildman–Crippen MR) is 73.2 cm³/mol. The van der Waals surface area contributed by atoms with Crippen LogP contribution in [0, 0.1) is 0 Å². The predicted octanol–water partition coefficient (Wildman–Crippen LogP) is 3.37. The maximum absolute atomic E-state index is 6.00. The molecule has 4 heteroatoms. The summed E-state index contributed by atoms with van der Waals surface area (Å²) in [5, 5.41) is 0. The average Bonchev–Trinajstić information content (AvgIpc) is 2.66. The Morgan fingerprint density at radius 1 is 1.00 bits per heavy atom. The summed E-state index contributed by atoms with van der Waals surface area (Å²) in [5.74, 6) is 0. The molecule has 0 saturated heterocycles. The van der Waals surface area contributed by atoms with E-state index in [1.165, 1.54) is 0 Å². The van der Waals surface area contributed by atoms with Gasteiger partial charge in [0.15, 0.2) is 4.73 Å². The van der Waals surface area contributed by atoms with Gasteiger partial charge in [-0.3, -0.25) is 4.57 Å². The van der Waals surface area contributed by atoms with E-state index in [1.807, 2.05) is 53.1 Å². The van der Waals surface area contributed by atoms with Crippen molar-refractivity contribution < 1.29 is 0 Å². The Balaban J connectivity index is 2.38. The number of para-hydroxylation sites is 4. The van der Waals surface area contributed by atoms with Crippen LogP contribution in [0.4, 0.5) is 5.69 Å². The fourth-order valence-electron chi connectivity index (χ4n) is 1.92. The number of anilines is 1. The molecular weight excluding hydrogens is 278 g/mol. The van der Waals surface area contributed by atoms with Crippen molar-refractivity contribution in [3.8, 4) is 5.69 Å². The zero-order valence-corrected chi connectivity index (χ0v) is 10.6. The number of benzene rings is 2. The lowest BCUT2D eigenvalue weighted by atomic mass is 10.2. The summed E-state index contributed by atoms with van der Waals surface area (Å²) < 4.78 is 2.77. The molecule has 0 atom stereocenters. The Bertz CT molecular complexity index is 688. The van der Waals surface area contributed by atoms with Crippen LogP contribution in [0.2, 0.25) is 0 Å². The van der Waals surface area contributed by atoms with Crippen molar-refractivity contribution >= 4 is 32.7 Å². The van der Waals surface area contributed by atoms with E-state index in [9.17, 15) is 0 Å². The number of rotatable bonds is 1. The first-order chi connectivity index (χ1) is 8.27. The zero-order valence-electron chi connectivity index (χ0n) is 8.97. The number of nitrogen functional groups attached to an aromatic ring is 1. The number of halogens is 1. The summed E-state index contributed by atoms with van der Waals surface area (Å²) in [6, 6.07) is 15.7. The first-order valence-corrected chi connectivity index (χ1v) is 6.04. The van der Waals surface area contributed by atoms with Gasteiger partial charge in [-0.1, -0.05) is 24.3 Å². The van der Waals surface area contributed by atoms with E-state index in [0.29, 0.717) is 0 Å². The molecule has 0 spiro atoms. The summed E-state index contributed by atoms with van der Waals surface area (Å²) >= 11 is 3.48. The third-order valence-electron chi connectivity index (χ3n) is 2.70. The summed E-state index contributed by atoms with van der Waals surface area (Å²) in [6.45, 7) is 0. The van der Waals surface area contributed by atoms with Crippen molar-refractivity contribution in [2.24, 2.45) is 0 Å². The Kier molecular flexibility index (Phi) is 2.37. The minimum Gasteiger partial charge on any atom is -0.397 e. The maximum atomic E-state index is 6.00. The van der Waals surface area contributed by atoms with Gasteiger partial charge in [0.2, 0.25) is 0 Å². The Morgan fingerprint density at radius 2 is 1.71 bits per heavy atom. The van der Waals surface area contributed by atoms with E-state index in [-0.39, 0.29) is 0 Å². The van der Waals surface area contributed by atoms with Gasteiger partial charge < -0.3 is 5.73 Å². The lowest BCUT2D eigenvalue weighted by Gasteiger charge is -2.08. The van der Waals surface area contributed by atoms with Gasteiger partial charge in [0.1, 0.15) is 0 Å². The number of nitrogens with two attached hydrogens (primary N) is 1. The monoisotopic (exact) mass is 287 g/mol. The van der Waals surface area contributed by atoms with Crippen molar-refractivity contribution in [2.45, 2.75) is 0 Å². The molecule has 1 heterocycles. The quantitative estimate of drug-likeness (QED) is 0.698. The second kappa shape index (κ2) is 3.89. The van der Waals surface area contributed by atoms with Crippen LogP contribution in [0.25, 0.3) is 16.7 Å². The van der Waals surface area contributed by atoms with Crippen LogP contribution in [-0.4, -0.2) is 9.55 Å². The molecular formula is C13H10BrN3. The van der Waals surface area contributed by atoms with Gasteiger partial charge in [0.05, 0.1) is 22.4 Å². The molecule has 0 aliphatic carbocycles. The number of nitrogens with zero attached hydrogens (tertiary/aromatic N) is 2. The molecule has 0 amide bonds. The molecule has 0 unspecified atom stereocenters. The highest BCUT2D eigenvalue weighted by molar-refractivity contribution is 9.10. The fraction of sp³-hybridized carbons (Fsp3) is 0. The van der Waals surface area contributed by atoms with E-state index in [1.54, 1.807) is 0 Å². The normalized spacial score (nSPS) is 10.9. The number of imidazole rings is 1. The SMILES string of the molecule is Nc1ccccc1-n1c(Br)nc2ccccc21. The Labute approximate surface area is 107 Å². The molecule has 1 aromatic heterocycles. The minimum atomic E-state index is 0.733. The zero-order chi connectivity index (χ0) is 11.8. The highest BCUT2D eigenvalue weighted by atomic mass is 79.9. The number of hydrogen-bond donors (Lipinski definition) is 1. The third-order valence-corrected chi connectivity index (χ3v) is 3.23. The van der Waals surface area contributed by atoms with E-state index in [4.69, 9.17) is 5.73 Å². The maximum Gasteiger partial charge on any atom is 0.182 e. The largest absolute Gasteiger partial charge is 0.397 e. The van der Waals surface area contributed by atoms with E-state index >= 15 is 0 Å². The van der Waals surface area contributed by atoms with Gasteiger partial charge in [0, 0.05) is 0 Å². The first-order valence-electron chi connectivity index (χ1n) is 5.25. The number of fused-ring (bicyclic) bond motifs is 1. The Hall–Kier alpha value is -1.81. The lowest BCUT2D eigenvalue weighted by Crippen LogP contribution is -1.99. The van der Waals surface area contributed by atoms with Gasteiger partial charge >= 0.3 is 0 Å². The summed E-state index contributed by atoms with van der Waals surface area (Å²) in [7, 11) is 0. The molecule has 3 aromatic rings. The van der Waals surface area contributed by atoms with Gasteiger partial charge in [-0.15, -0.1) is 0 Å². The highest BCUT2D eigenvalue weighted by Crippen LogP contribution is 2.27. The van der Waals surface area contributed by atoms with Gasteiger partial charge in [0.25, 0.3) is 0 Å². The molecule has 3 nitrogen and oxygen atoms in total. The van der Waals surface area contributed by atoms with Crippen LogP contribution in [0.1, 0.15) is 0 Å². The second-order valence-corrected chi connectivity index (χ2v) is 4.47. The molecule has 0 aliphatic rings. The van der Waals surface area contributed by atoms with Crippen molar-refractivity contribution in [1.82, 2.24) is 9.55 Å². The van der Waals surface area contributed by atoms with E-state index in [0.717, 1.165) is 27.1 Å². The standard InChI is InChI=1S/C13H10BrN3/c14-13-16-10-6-2-4-8-12(10)17(13)11-7-3-1-5-9(11)15/h1-8H,15H2. The molecule has 0 radical (unpaired) electrons. The first kappa shape index (κ1) is 10.4. The van der Waals surface area contributed by atoms with Crippen LogP contribution >= 0.6 is 15.9 Å². The molecule has 3 rings (SSSR count). The van der Waals surface area contributed by atoms with Crippen LogP contribution < -0.4 is 5.73 Å². The van der Waals surface area contributed by atoms with Crippen LogP contribution in [-0.2, 0) is 0 Å². The second-order valence-electron chi connectivity index (χ2n) is 3.76. The molecule has 0 aliphatic heterocycles. The molecule has 2 aromatic carbocycles. The van der Waals surface area contributed by atoms with E-state index < -0.39 is 0 Å². The number of aromatic nitrogens is 2. The van der Waals surface area contributed by atoms with Crippen LogP contribution in [0.5, 0.6) is 0 Å². The topological polar surface area (TPSA) is 43.8 Å². The van der Waals surface area contributed by atoms with Crippen molar-refractivity contribution in [3.63, 3.8) is 0 Å². The Morgan fingerprint density at radius 3 is 2.53 bits per heavy atom. The van der Waals surface area contributed by atoms with Gasteiger partial charge in [-0.25, -0.2) is 4.98 Å². The minimum absolute atomic E-state index is 0.733. The lowest BCUT2D eigenvalue weighted by molar-refractivity contribution is 1.05. The summed E-state index contributed by atoms with van der Waals surface area (Å²) in [5.41, 5.74) is 9.66. The summed E-state index contributed by atoms with van der Waals surface area (Å²) in [4.78, 5) is 4.45. The molecule has 17 heavy (non-hydrogen) atoms. The van der Waals surface area contributed by atoms with E-state index in [2.05, 4.69) is 20.9 Å². The summed E-state index contributed by atoms with van der Waals surface area (Å²) in [6.07, 6.45) is 0. The van der Waals surface area contributed by atoms with Crippen molar-refractivity contribution in [3.05, 3.63) is 53.3 Å². The average molecular weight is 288 g/mol. The molecule has 0 bridgehead atoms. The molecule has 84 valence electrons. The van der Waals surface area contributed by atoms with Gasteiger partial charge in [-0.05, 0) is 40.2 Å². The third kappa shape index (κ3) is 1.61. The van der Waals surface area contributed by atoms with Crippen molar-refractivity contribution in [2.75, 3.05) is 5.73 Å². The number of hydrogen-bond acceptors (Lipinski definition) is 2.